The summed E-state index contributed by atoms with van der Waals surface area (Å²) in [6.07, 6.45) is 6.70. The summed E-state index contributed by atoms with van der Waals surface area (Å²) in [4.78, 5) is 48.9. The predicted octanol–water partition coefficient (Wildman–Crippen LogP) is 15.9. The van der Waals surface area contributed by atoms with Crippen molar-refractivity contribution in [1.82, 2.24) is 45.4 Å². The average Bonchev–Trinajstić information content (AvgIpc) is 2.90. The molecule has 3 heterocycles. The summed E-state index contributed by atoms with van der Waals surface area (Å²) < 4.78 is 34.2. The van der Waals surface area contributed by atoms with Crippen LogP contribution in [0.25, 0.3) is 0 Å². The first-order chi connectivity index (χ1) is 41.3. The Morgan fingerprint density at radius 2 is 1.16 bits per heavy atom. The fourth-order valence-corrected chi connectivity index (χ4v) is 8.40. The summed E-state index contributed by atoms with van der Waals surface area (Å²) in [5.74, 6) is 3.88. The topological polar surface area (TPSA) is 252 Å². The molecule has 4 aromatic carbocycles. The van der Waals surface area contributed by atoms with E-state index in [0.29, 0.717) is 84.4 Å². The summed E-state index contributed by atoms with van der Waals surface area (Å²) >= 11 is 25.5. The standard InChI is InChI=1S/C17H22BrN3O3.C12H9BrClN3O2.C9H13NO2.C8H9NO2.C8H19N.C4HBrCl2N2.2ClH.Zn/c1-5-6-7-24-16-13(18)10-19-17(21-16)20-12-8-11(2)15(23-4)14(9-12)22-3;1-15-10(18)7-4-2-3-5-9(7)19-11-8(13)6-16-12(14)17-11;1-6-4-7(10)5-8(11-2)9(6)12-3;1-9-8(11)6-4-2-3-5-7(6)10;1-6-9(7(2)3)8(4)5;5-2-1-8-4(7)9-3(2)6;;;/h8-10H,5-7H2,1-4H3,(H,19,20,21);2-6H,1H3,(H,15,18);4-5H,10H2,1-3H3;2-5,10H,1H3,(H,9,11);7-8H,6H2,1-5H3;1H;2*1H;/q;;;;;;;;+2/p-2. The number of anilines is 3. The average molecular weight is 1550 g/mol. The maximum absolute atomic E-state index is 11.7. The van der Waals surface area contributed by atoms with Crippen LogP contribution in [0.5, 0.6) is 46.3 Å². The molecule has 87 heavy (non-hydrogen) atoms. The third-order valence-electron chi connectivity index (χ3n) is 11.0. The van der Waals surface area contributed by atoms with Gasteiger partial charge in [0.05, 0.1) is 65.8 Å². The van der Waals surface area contributed by atoms with Gasteiger partial charge in [-0.05, 0) is 173 Å². The molecule has 6 N–H and O–H groups in total. The van der Waals surface area contributed by atoms with E-state index in [-0.39, 0.29) is 34.0 Å². The molecule has 29 heteroatoms. The van der Waals surface area contributed by atoms with Gasteiger partial charge in [0.25, 0.3) is 11.8 Å². The van der Waals surface area contributed by atoms with Crippen molar-refractivity contribution in [1.29, 1.82) is 0 Å². The Morgan fingerprint density at radius 3 is 1.66 bits per heavy atom. The Labute approximate surface area is 566 Å². The number of nitrogens with zero attached hydrogens (tertiary/aromatic N) is 7. The molecule has 20 nitrogen and oxygen atoms in total. The minimum atomic E-state index is -0.931. The van der Waals surface area contributed by atoms with Gasteiger partial charge in [-0.3, -0.25) is 14.5 Å². The number of para-hydroxylation sites is 2. The van der Waals surface area contributed by atoms with Gasteiger partial charge in [-0.2, -0.15) is 9.97 Å². The molecule has 3 aromatic heterocycles. The maximum atomic E-state index is 11.7. The quantitative estimate of drug-likeness (QED) is 0.0187. The zero-order valence-electron chi connectivity index (χ0n) is 50.8. The van der Waals surface area contributed by atoms with Crippen molar-refractivity contribution in [2.75, 3.05) is 66.7 Å². The van der Waals surface area contributed by atoms with Gasteiger partial charge in [-0.1, -0.05) is 56.1 Å². The molecule has 0 aliphatic carbocycles. The zero-order chi connectivity index (χ0) is 65.8. The van der Waals surface area contributed by atoms with Crippen LogP contribution in [0.4, 0.5) is 17.3 Å². The van der Waals surface area contributed by atoms with Gasteiger partial charge in [0, 0.05) is 62.1 Å². The van der Waals surface area contributed by atoms with E-state index in [0.717, 1.165) is 46.4 Å². The number of nitrogens with two attached hydrogens (primary N) is 1. The van der Waals surface area contributed by atoms with E-state index in [1.807, 2.05) is 32.0 Å². The van der Waals surface area contributed by atoms with Crippen LogP contribution in [0.15, 0.2) is 105 Å². The molecular formula is C58H73Br3Cl5N11O9Zn. The third-order valence-corrected chi connectivity index (χ3v) is 13.6. The predicted molar refractivity (Wildman–Crippen MR) is 357 cm³/mol. The number of amides is 2. The van der Waals surface area contributed by atoms with E-state index in [2.05, 4.69) is 140 Å². The Bertz CT molecular complexity index is 3200. The number of unbranched alkanes of at least 4 members (excludes halogenated alkanes) is 1. The fraction of sp³-hybridized carbons (Fsp3) is 0.345. The molecule has 7 aromatic rings. The van der Waals surface area contributed by atoms with Gasteiger partial charge in [-0.15, -0.1) is 0 Å². The number of aromatic hydroxyl groups is 1. The number of hydrogen-bond acceptors (Lipinski definition) is 18. The molecule has 7 rings (SSSR count). The summed E-state index contributed by atoms with van der Waals surface area (Å²) in [6.45, 7) is 19.0. The van der Waals surface area contributed by atoms with Gasteiger partial charge < -0.3 is 55.2 Å². The number of methoxy groups -OCH3 is 4. The van der Waals surface area contributed by atoms with Crippen molar-refractivity contribution in [2.45, 2.75) is 80.3 Å². The SMILES string of the molecule is CCCCOc1nc(Nc2cc(C)c(OC)c(OC)c2)ncc1Br.CCN(C(C)C)C(C)C.CNC(=O)c1ccccc1O.CNC(=O)c1ccccc1Oc1nc(Cl)ncc1Br.COc1cc(N)cc(C)c1OC.Clc1ncc(Br)c(Cl)n1.[Cl][Zn][Cl]. The van der Waals surface area contributed by atoms with Crippen molar-refractivity contribution in [3.63, 3.8) is 0 Å². The molecule has 0 unspecified atom stereocenters. The number of phenols is 1. The van der Waals surface area contributed by atoms with Crippen LogP contribution < -0.4 is 50.1 Å². The molecule has 0 radical (unpaired) electrons. The Hall–Kier alpha value is -5.27. The number of phenolic OH excluding ortho intramolecular Hbond substituents is 1. The van der Waals surface area contributed by atoms with Gasteiger partial charge >= 0.3 is 34.5 Å². The molecule has 0 fully saturated rings. The van der Waals surface area contributed by atoms with E-state index >= 15 is 0 Å². The Morgan fingerprint density at radius 1 is 0.667 bits per heavy atom. The van der Waals surface area contributed by atoms with Gasteiger partial charge in [0.15, 0.2) is 23.0 Å². The van der Waals surface area contributed by atoms with Crippen molar-refractivity contribution < 1.29 is 58.3 Å². The van der Waals surface area contributed by atoms with Gasteiger partial charge in [-0.25, -0.2) is 19.9 Å². The van der Waals surface area contributed by atoms with E-state index < -0.39 is 15.1 Å². The number of rotatable bonds is 17. The second kappa shape index (κ2) is 44.2. The van der Waals surface area contributed by atoms with Crippen molar-refractivity contribution in [3.05, 3.63) is 143 Å². The summed E-state index contributed by atoms with van der Waals surface area (Å²) in [5.41, 5.74) is 9.77. The van der Waals surface area contributed by atoms with Crippen molar-refractivity contribution >= 4 is 131 Å². The first kappa shape index (κ1) is 79.7. The van der Waals surface area contributed by atoms with E-state index in [9.17, 15) is 9.59 Å². The fourth-order valence-electron chi connectivity index (χ4n) is 7.20. The Balaban J connectivity index is 0.000000538. The molecule has 0 bridgehead atoms. The Kier molecular flexibility index (Phi) is 40.5. The van der Waals surface area contributed by atoms with Crippen LogP contribution in [0, 0.1) is 13.8 Å². The van der Waals surface area contributed by atoms with Crippen LogP contribution in [0.2, 0.25) is 15.7 Å². The number of hydrogen-bond donors (Lipinski definition) is 5. The molecule has 0 saturated heterocycles. The van der Waals surface area contributed by atoms with Gasteiger partial charge in [0.1, 0.15) is 16.7 Å². The van der Waals surface area contributed by atoms with Crippen molar-refractivity contribution in [2.24, 2.45) is 0 Å². The molecule has 0 aliphatic heterocycles. The normalized spacial score (nSPS) is 9.90. The first-order valence-electron chi connectivity index (χ1n) is 26.4. The molecule has 0 aliphatic rings. The second-order valence-corrected chi connectivity index (χ2v) is 26.0. The first-order valence-corrected chi connectivity index (χ1v) is 37.7. The number of aryl methyl sites for hydroxylation is 2. The van der Waals surface area contributed by atoms with E-state index in [4.69, 9.17) is 93.4 Å². The van der Waals surface area contributed by atoms with Crippen LogP contribution >= 0.6 is 102 Å². The molecule has 0 atom stereocenters. The second-order valence-electron chi connectivity index (χ2n) is 17.7. The number of benzene rings is 4. The molecule has 0 spiro atoms. The van der Waals surface area contributed by atoms with Crippen LogP contribution in [0.3, 0.4) is 0 Å². The van der Waals surface area contributed by atoms with E-state index in [1.54, 1.807) is 90.2 Å². The zero-order valence-corrected chi connectivity index (χ0v) is 62.3. The van der Waals surface area contributed by atoms with Crippen LogP contribution in [-0.4, -0.2) is 119 Å². The molecule has 2 amide bonds. The summed E-state index contributed by atoms with van der Waals surface area (Å²) in [6, 6.07) is 22.0. The number of halogens is 8. The van der Waals surface area contributed by atoms with E-state index in [1.165, 1.54) is 25.5 Å². The number of carbonyl (C=O) groups is 2. The van der Waals surface area contributed by atoms with Crippen molar-refractivity contribution in [3.8, 4) is 46.3 Å². The number of nitrogen functional groups attached to an aromatic ring is 1. The summed E-state index contributed by atoms with van der Waals surface area (Å²) in [5, 5.41) is 17.8. The molecular weight excluding hydrogens is 1480 g/mol. The van der Waals surface area contributed by atoms with Crippen LogP contribution in [-0.2, 0) is 15.1 Å². The number of carbonyl (C=O) groups excluding carboxylic acids is 2. The van der Waals surface area contributed by atoms with Crippen LogP contribution in [0.1, 0.15) is 86.2 Å². The molecule has 0 saturated carbocycles. The number of ether oxygens (including phenoxy) is 6. The van der Waals surface area contributed by atoms with Gasteiger partial charge in [0.2, 0.25) is 28.3 Å². The summed E-state index contributed by atoms with van der Waals surface area (Å²) in [7, 11) is 19.4. The monoisotopic (exact) mass is 1540 g/mol. The molecule has 472 valence electrons. The minimum absolute atomic E-state index is 0.00634. The third kappa shape index (κ3) is 29.3. The number of nitrogens with one attached hydrogen (secondary N) is 3. The number of aromatic nitrogens is 6.